The third kappa shape index (κ3) is 3.42. The molecule has 0 spiro atoms. The molecule has 0 bridgehead atoms. The molecule has 0 radical (unpaired) electrons. The van der Waals surface area contributed by atoms with Gasteiger partial charge in [-0.2, -0.15) is 0 Å². The van der Waals surface area contributed by atoms with Gasteiger partial charge in [0, 0.05) is 6.26 Å². The molecule has 1 unspecified atom stereocenters. The molecular weight excluding hydrogens is 190 g/mol. The summed E-state index contributed by atoms with van der Waals surface area (Å²) in [6.45, 7) is 4.00. The number of hydrogen-bond donors (Lipinski definition) is 2. The summed E-state index contributed by atoms with van der Waals surface area (Å²) in [5, 5.41) is 8.88. The largest absolute Gasteiger partial charge is 0.477 e. The zero-order chi connectivity index (χ0) is 10.4. The van der Waals surface area contributed by atoms with Crippen LogP contribution in [0.4, 0.5) is 0 Å². The SMILES string of the molecule is CC.CS(=O)c1ccc(C(=O)O)[nH]1. The Morgan fingerprint density at radius 1 is 1.46 bits per heavy atom. The highest BCUT2D eigenvalue weighted by molar-refractivity contribution is 7.84. The smallest absolute Gasteiger partial charge is 0.352 e. The molecule has 0 aromatic carbocycles. The maximum atomic E-state index is 10.8. The number of rotatable bonds is 2. The van der Waals surface area contributed by atoms with Crippen molar-refractivity contribution >= 4 is 16.8 Å². The summed E-state index contributed by atoms with van der Waals surface area (Å²) in [6, 6.07) is 2.89. The topological polar surface area (TPSA) is 70.2 Å². The van der Waals surface area contributed by atoms with Crippen molar-refractivity contribution in [3.8, 4) is 0 Å². The normalized spacial score (nSPS) is 11.3. The first kappa shape index (κ1) is 11.9. The summed E-state index contributed by atoms with van der Waals surface area (Å²) < 4.78 is 10.8. The Morgan fingerprint density at radius 3 is 2.23 bits per heavy atom. The van der Waals surface area contributed by atoms with Gasteiger partial charge in [-0.25, -0.2) is 4.79 Å². The highest BCUT2D eigenvalue weighted by Crippen LogP contribution is 2.04. The summed E-state index contributed by atoms with van der Waals surface area (Å²) >= 11 is 0. The number of aromatic nitrogens is 1. The average Bonchev–Trinajstić information content (AvgIpc) is 2.56. The molecule has 1 atom stereocenters. The van der Waals surface area contributed by atoms with E-state index in [0.29, 0.717) is 5.03 Å². The summed E-state index contributed by atoms with van der Waals surface area (Å²) in [7, 11) is -1.14. The van der Waals surface area contributed by atoms with Gasteiger partial charge in [0.25, 0.3) is 0 Å². The van der Waals surface area contributed by atoms with Crippen LogP contribution in [0.5, 0.6) is 0 Å². The van der Waals surface area contributed by atoms with Crippen molar-refractivity contribution < 1.29 is 14.1 Å². The lowest BCUT2D eigenvalue weighted by Crippen LogP contribution is -1.96. The molecule has 0 saturated heterocycles. The molecule has 0 aliphatic heterocycles. The van der Waals surface area contributed by atoms with Crippen LogP contribution in [0.1, 0.15) is 24.3 Å². The minimum atomic E-state index is -1.14. The van der Waals surface area contributed by atoms with Gasteiger partial charge in [0.1, 0.15) is 10.7 Å². The summed E-state index contributed by atoms with van der Waals surface area (Å²) in [4.78, 5) is 12.8. The first-order chi connectivity index (χ1) is 6.11. The predicted molar refractivity (Wildman–Crippen MR) is 51.4 cm³/mol. The van der Waals surface area contributed by atoms with Crippen molar-refractivity contribution in [1.82, 2.24) is 4.98 Å². The fraction of sp³-hybridized carbons (Fsp3) is 0.375. The van der Waals surface area contributed by atoms with Crippen LogP contribution < -0.4 is 0 Å². The van der Waals surface area contributed by atoms with E-state index < -0.39 is 16.8 Å². The molecule has 0 saturated carbocycles. The van der Waals surface area contributed by atoms with E-state index in [1.165, 1.54) is 18.4 Å². The van der Waals surface area contributed by atoms with E-state index in [-0.39, 0.29) is 5.69 Å². The van der Waals surface area contributed by atoms with Gasteiger partial charge >= 0.3 is 5.97 Å². The molecule has 2 N–H and O–H groups in total. The number of carboxylic acids is 1. The molecule has 0 aliphatic rings. The number of carboxylic acid groups (broad SMARTS) is 1. The molecule has 1 aromatic heterocycles. The second kappa shape index (κ2) is 5.53. The van der Waals surface area contributed by atoms with Gasteiger partial charge in [0.15, 0.2) is 0 Å². The van der Waals surface area contributed by atoms with Crippen LogP contribution in [0.2, 0.25) is 0 Å². The standard InChI is InChI=1S/C6H7NO3S.C2H6/c1-11(10)5-3-2-4(7-5)6(8)9;1-2/h2-3,7H,1H3,(H,8,9);1-2H3. The maximum Gasteiger partial charge on any atom is 0.352 e. The Balaban J connectivity index is 0.000000671. The Bertz CT molecular complexity index is 278. The minimum absolute atomic E-state index is 0.0650. The molecule has 0 amide bonds. The summed E-state index contributed by atoms with van der Waals surface area (Å²) in [6.07, 6.45) is 1.48. The summed E-state index contributed by atoms with van der Waals surface area (Å²) in [5.74, 6) is -1.04. The molecule has 13 heavy (non-hydrogen) atoms. The van der Waals surface area contributed by atoms with E-state index in [0.717, 1.165) is 0 Å². The van der Waals surface area contributed by atoms with Crippen LogP contribution in [0, 0.1) is 0 Å². The van der Waals surface area contributed by atoms with Crippen molar-refractivity contribution in [1.29, 1.82) is 0 Å². The first-order valence-corrected chi connectivity index (χ1v) is 5.43. The number of carbonyl (C=O) groups is 1. The predicted octanol–water partition coefficient (Wildman–Crippen LogP) is 1.48. The number of H-pyrrole nitrogens is 1. The Morgan fingerprint density at radius 2 is 2.00 bits per heavy atom. The second-order valence-corrected chi connectivity index (χ2v) is 3.34. The van der Waals surface area contributed by atoms with Crippen LogP contribution in [0.25, 0.3) is 0 Å². The van der Waals surface area contributed by atoms with Gasteiger partial charge in [0.2, 0.25) is 0 Å². The van der Waals surface area contributed by atoms with Crippen LogP contribution in [0.15, 0.2) is 17.2 Å². The molecule has 0 aliphatic carbocycles. The Hall–Kier alpha value is -1.10. The van der Waals surface area contributed by atoms with Crippen molar-refractivity contribution in [2.24, 2.45) is 0 Å². The number of aromatic carboxylic acids is 1. The molecule has 5 heteroatoms. The quantitative estimate of drug-likeness (QED) is 0.764. The third-order valence-corrected chi connectivity index (χ3v) is 2.06. The zero-order valence-electron chi connectivity index (χ0n) is 7.83. The lowest BCUT2D eigenvalue weighted by molar-refractivity contribution is 0.0691. The highest BCUT2D eigenvalue weighted by atomic mass is 32.2. The first-order valence-electron chi connectivity index (χ1n) is 3.87. The van der Waals surface area contributed by atoms with Crippen LogP contribution in [0.3, 0.4) is 0 Å². The molecule has 1 rings (SSSR count). The fourth-order valence-electron chi connectivity index (χ4n) is 0.668. The fourth-order valence-corrected chi connectivity index (χ4v) is 1.18. The van der Waals surface area contributed by atoms with Crippen molar-refractivity contribution in [3.05, 3.63) is 17.8 Å². The highest BCUT2D eigenvalue weighted by Gasteiger charge is 2.06. The monoisotopic (exact) mass is 203 g/mol. The minimum Gasteiger partial charge on any atom is -0.477 e. The van der Waals surface area contributed by atoms with Gasteiger partial charge < -0.3 is 10.1 Å². The van der Waals surface area contributed by atoms with E-state index in [4.69, 9.17) is 5.11 Å². The molecule has 74 valence electrons. The van der Waals surface area contributed by atoms with Crippen LogP contribution in [-0.2, 0) is 10.8 Å². The van der Waals surface area contributed by atoms with Crippen molar-refractivity contribution in [3.63, 3.8) is 0 Å². The van der Waals surface area contributed by atoms with E-state index in [2.05, 4.69) is 4.98 Å². The zero-order valence-corrected chi connectivity index (χ0v) is 8.64. The van der Waals surface area contributed by atoms with Gasteiger partial charge in [-0.05, 0) is 12.1 Å². The maximum absolute atomic E-state index is 10.8. The second-order valence-electron chi connectivity index (χ2n) is 2.00. The summed E-state index contributed by atoms with van der Waals surface area (Å²) in [5.41, 5.74) is 0.0650. The third-order valence-electron chi connectivity index (χ3n) is 1.20. The van der Waals surface area contributed by atoms with E-state index in [9.17, 15) is 9.00 Å². The Labute approximate surface area is 79.4 Å². The number of hydrogen-bond acceptors (Lipinski definition) is 2. The molecule has 1 heterocycles. The molecule has 1 aromatic rings. The lowest BCUT2D eigenvalue weighted by atomic mass is 10.4. The van der Waals surface area contributed by atoms with E-state index in [1.807, 2.05) is 13.8 Å². The van der Waals surface area contributed by atoms with Crippen molar-refractivity contribution in [2.75, 3.05) is 6.26 Å². The average molecular weight is 203 g/mol. The molecule has 0 fully saturated rings. The molecular formula is C8H13NO3S. The number of aromatic amines is 1. The van der Waals surface area contributed by atoms with Crippen LogP contribution in [-0.4, -0.2) is 26.5 Å². The van der Waals surface area contributed by atoms with E-state index >= 15 is 0 Å². The van der Waals surface area contributed by atoms with Crippen molar-refractivity contribution in [2.45, 2.75) is 18.9 Å². The van der Waals surface area contributed by atoms with Gasteiger partial charge in [0.05, 0.1) is 10.8 Å². The van der Waals surface area contributed by atoms with Gasteiger partial charge in [-0.1, -0.05) is 13.8 Å². The number of nitrogens with one attached hydrogen (secondary N) is 1. The van der Waals surface area contributed by atoms with Crippen LogP contribution >= 0.6 is 0 Å². The molecule has 4 nitrogen and oxygen atoms in total. The van der Waals surface area contributed by atoms with E-state index in [1.54, 1.807) is 0 Å². The van der Waals surface area contributed by atoms with Gasteiger partial charge in [-0.3, -0.25) is 4.21 Å². The van der Waals surface area contributed by atoms with Gasteiger partial charge in [-0.15, -0.1) is 0 Å². The lowest BCUT2D eigenvalue weighted by Gasteiger charge is -1.87. The Kier molecular flexibility index (Phi) is 5.06.